The Morgan fingerprint density at radius 3 is 2.82 bits per heavy atom. The number of benzene rings is 1. The van der Waals surface area contributed by atoms with E-state index in [0.29, 0.717) is 18.7 Å². The summed E-state index contributed by atoms with van der Waals surface area (Å²) in [7, 11) is 0. The third-order valence-corrected chi connectivity index (χ3v) is 2.54. The molecule has 6 heteroatoms. The smallest absolute Gasteiger partial charge is 0.241 e. The molecule has 1 saturated heterocycles. The minimum atomic E-state index is -0.458. The number of phenolic OH excluding ortho intramolecular Hbond substituents is 1. The number of nitrogens with one attached hydrogen (secondary N) is 2. The monoisotopic (exact) mass is 258 g/mol. The largest absolute Gasteiger partial charge is 0.508 e. The van der Waals surface area contributed by atoms with Gasteiger partial charge < -0.3 is 20.8 Å². The van der Waals surface area contributed by atoms with Crippen molar-refractivity contribution in [2.75, 3.05) is 11.9 Å². The van der Waals surface area contributed by atoms with E-state index in [-0.39, 0.29) is 30.1 Å². The maximum atomic E-state index is 11.7. The normalized spacial score (nSPS) is 22.9. The molecule has 17 heavy (non-hydrogen) atoms. The van der Waals surface area contributed by atoms with Gasteiger partial charge in [0, 0.05) is 18.3 Å². The first kappa shape index (κ1) is 13.8. The fourth-order valence-electron chi connectivity index (χ4n) is 1.73. The first-order chi connectivity index (χ1) is 7.65. The molecule has 4 N–H and O–H groups in total. The van der Waals surface area contributed by atoms with Crippen molar-refractivity contribution in [2.45, 2.75) is 18.6 Å². The van der Waals surface area contributed by atoms with Crippen LogP contribution in [0, 0.1) is 0 Å². The van der Waals surface area contributed by atoms with Crippen molar-refractivity contribution in [3.05, 3.63) is 24.3 Å². The van der Waals surface area contributed by atoms with Gasteiger partial charge in [-0.1, -0.05) is 6.07 Å². The van der Waals surface area contributed by atoms with Gasteiger partial charge in [0.1, 0.15) is 5.75 Å². The van der Waals surface area contributed by atoms with E-state index in [1.807, 2.05) is 0 Å². The number of carbonyl (C=O) groups excluding carboxylic acids is 1. The Hall–Kier alpha value is -1.30. The Kier molecular flexibility index (Phi) is 4.74. The van der Waals surface area contributed by atoms with E-state index in [1.54, 1.807) is 12.1 Å². The Morgan fingerprint density at radius 2 is 2.24 bits per heavy atom. The maximum absolute atomic E-state index is 11.7. The van der Waals surface area contributed by atoms with Crippen LogP contribution in [0.15, 0.2) is 24.3 Å². The third kappa shape index (κ3) is 3.59. The standard InChI is InChI=1S/C11H14N2O3.ClH/c14-8-3-1-2-7(4-8)13-11(16)10-5-9(15)6-12-10;/h1-4,9-10,12,14-15H,5-6H2,(H,13,16);1H. The van der Waals surface area contributed by atoms with Crippen LogP contribution >= 0.6 is 12.4 Å². The van der Waals surface area contributed by atoms with E-state index >= 15 is 0 Å². The fraction of sp³-hybridized carbons (Fsp3) is 0.364. The maximum Gasteiger partial charge on any atom is 0.241 e. The average molecular weight is 259 g/mol. The first-order valence-electron chi connectivity index (χ1n) is 5.16. The van der Waals surface area contributed by atoms with Gasteiger partial charge in [0.25, 0.3) is 0 Å². The molecule has 1 aromatic carbocycles. The number of hydrogen-bond donors (Lipinski definition) is 4. The number of aliphatic hydroxyl groups is 1. The van der Waals surface area contributed by atoms with Crippen LogP contribution in [0.2, 0.25) is 0 Å². The summed E-state index contributed by atoms with van der Waals surface area (Å²) in [5.41, 5.74) is 0.549. The van der Waals surface area contributed by atoms with Gasteiger partial charge in [0.05, 0.1) is 12.1 Å². The molecule has 2 rings (SSSR count). The molecule has 0 aliphatic carbocycles. The topological polar surface area (TPSA) is 81.6 Å². The molecule has 94 valence electrons. The van der Waals surface area contributed by atoms with Gasteiger partial charge >= 0.3 is 0 Å². The molecule has 2 atom stereocenters. The van der Waals surface area contributed by atoms with Crippen molar-refractivity contribution < 1.29 is 15.0 Å². The number of anilines is 1. The molecule has 2 unspecified atom stereocenters. The molecular formula is C11H15ClN2O3. The third-order valence-electron chi connectivity index (χ3n) is 2.54. The van der Waals surface area contributed by atoms with Crippen molar-refractivity contribution in [3.8, 4) is 5.75 Å². The van der Waals surface area contributed by atoms with Crippen LogP contribution < -0.4 is 10.6 Å². The molecule has 0 bridgehead atoms. The fourth-order valence-corrected chi connectivity index (χ4v) is 1.73. The van der Waals surface area contributed by atoms with Gasteiger partial charge in [-0.3, -0.25) is 4.79 Å². The number of rotatable bonds is 2. The van der Waals surface area contributed by atoms with Gasteiger partial charge in [-0.2, -0.15) is 0 Å². The molecule has 1 aliphatic rings. The number of hydrogen-bond acceptors (Lipinski definition) is 4. The van der Waals surface area contributed by atoms with Crippen molar-refractivity contribution in [1.82, 2.24) is 5.32 Å². The summed E-state index contributed by atoms with van der Waals surface area (Å²) in [6.07, 6.45) is -0.0371. The molecule has 1 fully saturated rings. The molecule has 0 aromatic heterocycles. The molecule has 0 saturated carbocycles. The van der Waals surface area contributed by atoms with Gasteiger partial charge in [-0.25, -0.2) is 0 Å². The van der Waals surface area contributed by atoms with Crippen molar-refractivity contribution >= 4 is 24.0 Å². The number of phenols is 1. The summed E-state index contributed by atoms with van der Waals surface area (Å²) in [6.45, 7) is 0.443. The Bertz CT molecular complexity index is 400. The molecule has 0 radical (unpaired) electrons. The summed E-state index contributed by atoms with van der Waals surface area (Å²) < 4.78 is 0. The van der Waals surface area contributed by atoms with E-state index in [9.17, 15) is 15.0 Å². The number of aliphatic hydroxyl groups excluding tert-OH is 1. The zero-order valence-electron chi connectivity index (χ0n) is 9.09. The predicted molar refractivity (Wildman–Crippen MR) is 66.4 cm³/mol. The van der Waals surface area contributed by atoms with Crippen molar-refractivity contribution in [1.29, 1.82) is 0 Å². The lowest BCUT2D eigenvalue weighted by Gasteiger charge is -2.10. The highest BCUT2D eigenvalue weighted by molar-refractivity contribution is 5.95. The zero-order chi connectivity index (χ0) is 11.5. The van der Waals surface area contributed by atoms with Gasteiger partial charge in [0.15, 0.2) is 0 Å². The first-order valence-corrected chi connectivity index (χ1v) is 5.16. The van der Waals surface area contributed by atoms with Crippen LogP contribution in [0.3, 0.4) is 0 Å². The Balaban J connectivity index is 0.00000144. The molecule has 1 aliphatic heterocycles. The lowest BCUT2D eigenvalue weighted by atomic mass is 10.2. The number of β-amino-alcohol motifs (C(OH)–C–C–N with tert-alkyl or cyclic N) is 1. The van der Waals surface area contributed by atoms with E-state index < -0.39 is 6.10 Å². The molecule has 5 nitrogen and oxygen atoms in total. The minimum Gasteiger partial charge on any atom is -0.508 e. The number of carbonyl (C=O) groups is 1. The Labute approximate surface area is 105 Å². The molecule has 1 aromatic rings. The van der Waals surface area contributed by atoms with E-state index in [0.717, 1.165) is 0 Å². The van der Waals surface area contributed by atoms with Crippen LogP contribution in [0.4, 0.5) is 5.69 Å². The second-order valence-electron chi connectivity index (χ2n) is 3.89. The van der Waals surface area contributed by atoms with E-state index in [1.165, 1.54) is 12.1 Å². The number of amides is 1. The van der Waals surface area contributed by atoms with Crippen molar-refractivity contribution in [3.63, 3.8) is 0 Å². The molecule has 0 spiro atoms. The van der Waals surface area contributed by atoms with Crippen LogP contribution in [-0.2, 0) is 4.79 Å². The minimum absolute atomic E-state index is 0. The number of aromatic hydroxyl groups is 1. The highest BCUT2D eigenvalue weighted by Gasteiger charge is 2.27. The van der Waals surface area contributed by atoms with E-state index in [2.05, 4.69) is 10.6 Å². The van der Waals surface area contributed by atoms with Gasteiger partial charge in [-0.05, 0) is 18.6 Å². The van der Waals surface area contributed by atoms with Crippen LogP contribution in [-0.4, -0.2) is 34.8 Å². The van der Waals surface area contributed by atoms with Gasteiger partial charge in [0.2, 0.25) is 5.91 Å². The molecular weight excluding hydrogens is 244 g/mol. The lowest BCUT2D eigenvalue weighted by Crippen LogP contribution is -2.35. The van der Waals surface area contributed by atoms with Crippen LogP contribution in [0.25, 0.3) is 0 Å². The number of halogens is 1. The summed E-state index contributed by atoms with van der Waals surface area (Å²) in [5.74, 6) is -0.0839. The van der Waals surface area contributed by atoms with Crippen LogP contribution in [0.5, 0.6) is 5.75 Å². The zero-order valence-corrected chi connectivity index (χ0v) is 9.91. The van der Waals surface area contributed by atoms with Crippen molar-refractivity contribution in [2.24, 2.45) is 0 Å². The summed E-state index contributed by atoms with van der Waals surface area (Å²) in [5, 5.41) is 24.1. The summed E-state index contributed by atoms with van der Waals surface area (Å²) in [4.78, 5) is 11.7. The lowest BCUT2D eigenvalue weighted by molar-refractivity contribution is -0.117. The highest BCUT2D eigenvalue weighted by atomic mass is 35.5. The quantitative estimate of drug-likeness (QED) is 0.622. The summed E-state index contributed by atoms with van der Waals surface area (Å²) >= 11 is 0. The molecule has 1 amide bonds. The second kappa shape index (κ2) is 5.86. The van der Waals surface area contributed by atoms with E-state index in [4.69, 9.17) is 0 Å². The predicted octanol–water partition coefficient (Wildman–Crippen LogP) is 0.475. The average Bonchev–Trinajstić information content (AvgIpc) is 2.65. The second-order valence-corrected chi connectivity index (χ2v) is 3.89. The van der Waals surface area contributed by atoms with Crippen LogP contribution in [0.1, 0.15) is 6.42 Å². The SMILES string of the molecule is Cl.O=C(Nc1cccc(O)c1)C1CC(O)CN1. The Morgan fingerprint density at radius 1 is 1.47 bits per heavy atom. The highest BCUT2D eigenvalue weighted by Crippen LogP contribution is 2.16. The van der Waals surface area contributed by atoms with Gasteiger partial charge in [-0.15, -0.1) is 12.4 Å². The molecule has 1 heterocycles. The summed E-state index contributed by atoms with van der Waals surface area (Å²) in [6, 6.07) is 6.00.